The number of aromatic nitrogens is 2. The van der Waals surface area contributed by atoms with Gasteiger partial charge in [0.05, 0.1) is 10.3 Å². The van der Waals surface area contributed by atoms with Gasteiger partial charge >= 0.3 is 0 Å². The Kier molecular flexibility index (Phi) is 5.57. The van der Waals surface area contributed by atoms with Crippen LogP contribution in [0.5, 0.6) is 0 Å². The molecule has 28 heavy (non-hydrogen) atoms. The predicted molar refractivity (Wildman–Crippen MR) is 115 cm³/mol. The highest BCUT2D eigenvalue weighted by Crippen LogP contribution is 2.35. The Morgan fingerprint density at radius 1 is 1.07 bits per heavy atom. The average Bonchev–Trinajstić information content (AvgIpc) is 2.88. The molecular formula is C22H26N4OS. The summed E-state index contributed by atoms with van der Waals surface area (Å²) in [6.07, 6.45) is 6.57. The van der Waals surface area contributed by atoms with Crippen LogP contribution in [0, 0.1) is 13.8 Å². The second kappa shape index (κ2) is 8.27. The van der Waals surface area contributed by atoms with Crippen molar-refractivity contribution in [1.29, 1.82) is 0 Å². The molecule has 5 nitrogen and oxygen atoms in total. The van der Waals surface area contributed by atoms with Crippen LogP contribution in [-0.4, -0.2) is 29.0 Å². The second-order valence-corrected chi connectivity index (χ2v) is 8.50. The highest BCUT2D eigenvalue weighted by Gasteiger charge is 2.22. The van der Waals surface area contributed by atoms with E-state index >= 15 is 0 Å². The highest BCUT2D eigenvalue weighted by atomic mass is 32.1. The summed E-state index contributed by atoms with van der Waals surface area (Å²) < 4.78 is 0. The fourth-order valence-corrected chi connectivity index (χ4v) is 4.82. The lowest BCUT2D eigenvalue weighted by molar-refractivity contribution is 0.0954. The van der Waals surface area contributed by atoms with Gasteiger partial charge < -0.3 is 10.2 Å². The van der Waals surface area contributed by atoms with Gasteiger partial charge in [0.15, 0.2) is 0 Å². The smallest absolute Gasteiger partial charge is 0.261 e. The molecule has 0 unspecified atom stereocenters. The van der Waals surface area contributed by atoms with Gasteiger partial charge in [-0.25, -0.2) is 9.97 Å². The van der Waals surface area contributed by atoms with Crippen LogP contribution in [-0.2, 0) is 6.54 Å². The number of carbonyl (C=O) groups is 1. The molecule has 146 valence electrons. The van der Waals surface area contributed by atoms with E-state index < -0.39 is 0 Å². The van der Waals surface area contributed by atoms with Gasteiger partial charge in [-0.2, -0.15) is 0 Å². The summed E-state index contributed by atoms with van der Waals surface area (Å²) in [5.41, 5.74) is 3.30. The summed E-state index contributed by atoms with van der Waals surface area (Å²) in [6, 6.07) is 8.23. The zero-order valence-electron chi connectivity index (χ0n) is 16.5. The average molecular weight is 395 g/mol. The Morgan fingerprint density at radius 2 is 1.79 bits per heavy atom. The van der Waals surface area contributed by atoms with Crippen LogP contribution in [0.4, 0.5) is 5.82 Å². The van der Waals surface area contributed by atoms with Crippen molar-refractivity contribution in [1.82, 2.24) is 15.3 Å². The van der Waals surface area contributed by atoms with Gasteiger partial charge in [-0.3, -0.25) is 4.79 Å². The van der Waals surface area contributed by atoms with Crippen LogP contribution in [0.25, 0.3) is 10.2 Å². The maximum absolute atomic E-state index is 12.9. The first-order chi connectivity index (χ1) is 13.6. The molecule has 1 saturated heterocycles. The van der Waals surface area contributed by atoms with E-state index in [1.165, 1.54) is 42.6 Å². The SMILES string of the molecule is Cc1ccc(CNC(=O)c2sc3ncnc(N4CCCCCC4)c3c2C)cc1. The Morgan fingerprint density at radius 3 is 2.50 bits per heavy atom. The molecule has 0 saturated carbocycles. The summed E-state index contributed by atoms with van der Waals surface area (Å²) in [7, 11) is 0. The fourth-order valence-electron chi connectivity index (χ4n) is 3.76. The van der Waals surface area contributed by atoms with E-state index in [9.17, 15) is 4.79 Å². The minimum absolute atomic E-state index is 0.0390. The van der Waals surface area contributed by atoms with Crippen LogP contribution in [0.2, 0.25) is 0 Å². The molecule has 3 heterocycles. The van der Waals surface area contributed by atoms with Gasteiger partial charge in [0.1, 0.15) is 17.0 Å². The van der Waals surface area contributed by atoms with Crippen LogP contribution >= 0.6 is 11.3 Å². The normalized spacial score (nSPS) is 14.9. The first-order valence-corrected chi connectivity index (χ1v) is 10.8. The predicted octanol–water partition coefficient (Wildman–Crippen LogP) is 4.62. The van der Waals surface area contributed by atoms with E-state index in [2.05, 4.69) is 51.4 Å². The first kappa shape index (κ1) is 18.9. The van der Waals surface area contributed by atoms with Gasteiger partial charge in [0.25, 0.3) is 5.91 Å². The molecule has 1 N–H and O–H groups in total. The number of fused-ring (bicyclic) bond motifs is 1. The third-order valence-electron chi connectivity index (χ3n) is 5.39. The standard InChI is InChI=1S/C22H26N4OS/c1-15-7-9-17(10-8-15)13-23-21(27)19-16(2)18-20(24-14-25-22(18)28-19)26-11-5-3-4-6-12-26/h7-10,14H,3-6,11-13H2,1-2H3,(H,23,27). The fraction of sp³-hybridized carbons (Fsp3) is 0.409. The molecule has 6 heteroatoms. The first-order valence-electron chi connectivity index (χ1n) is 9.96. The van der Waals surface area contributed by atoms with Crippen molar-refractivity contribution in [2.45, 2.75) is 46.1 Å². The van der Waals surface area contributed by atoms with Crippen LogP contribution in [0.15, 0.2) is 30.6 Å². The van der Waals surface area contributed by atoms with Crippen LogP contribution in [0.3, 0.4) is 0 Å². The molecule has 0 aliphatic carbocycles. The number of nitrogens with zero attached hydrogens (tertiary/aromatic N) is 3. The summed E-state index contributed by atoms with van der Waals surface area (Å²) in [5.74, 6) is 0.945. The summed E-state index contributed by atoms with van der Waals surface area (Å²) in [4.78, 5) is 25.9. The van der Waals surface area contributed by atoms with Gasteiger partial charge in [0.2, 0.25) is 0 Å². The van der Waals surface area contributed by atoms with Gasteiger partial charge in [0, 0.05) is 19.6 Å². The quantitative estimate of drug-likeness (QED) is 0.702. The molecule has 1 amide bonds. The molecule has 3 aromatic rings. The molecular weight excluding hydrogens is 368 g/mol. The number of rotatable bonds is 4. The number of thiophene rings is 1. The lowest BCUT2D eigenvalue weighted by Gasteiger charge is -2.22. The van der Waals surface area contributed by atoms with E-state index in [0.29, 0.717) is 6.54 Å². The van der Waals surface area contributed by atoms with Crippen LogP contribution in [0.1, 0.15) is 52.0 Å². The summed E-state index contributed by atoms with van der Waals surface area (Å²) in [6.45, 7) is 6.65. The van der Waals surface area contributed by atoms with E-state index in [-0.39, 0.29) is 5.91 Å². The molecule has 0 spiro atoms. The highest BCUT2D eigenvalue weighted by molar-refractivity contribution is 7.20. The number of aryl methyl sites for hydroxylation is 2. The number of anilines is 1. The van der Waals surface area contributed by atoms with Crippen molar-refractivity contribution in [2.75, 3.05) is 18.0 Å². The van der Waals surface area contributed by atoms with Crippen molar-refractivity contribution >= 4 is 33.3 Å². The van der Waals surface area contributed by atoms with Crippen molar-refractivity contribution in [2.24, 2.45) is 0 Å². The number of amides is 1. The maximum atomic E-state index is 12.9. The third kappa shape index (κ3) is 3.87. The minimum atomic E-state index is -0.0390. The Labute approximate surface area is 169 Å². The molecule has 4 rings (SSSR count). The monoisotopic (exact) mass is 394 g/mol. The van der Waals surface area contributed by atoms with E-state index in [4.69, 9.17) is 0 Å². The van der Waals surface area contributed by atoms with Crippen molar-refractivity contribution in [3.8, 4) is 0 Å². The molecule has 1 aliphatic heterocycles. The van der Waals surface area contributed by atoms with E-state index in [1.54, 1.807) is 6.33 Å². The number of benzene rings is 1. The molecule has 1 fully saturated rings. The van der Waals surface area contributed by atoms with Crippen molar-refractivity contribution in [3.63, 3.8) is 0 Å². The van der Waals surface area contributed by atoms with E-state index in [0.717, 1.165) is 45.1 Å². The molecule has 0 atom stereocenters. The summed E-state index contributed by atoms with van der Waals surface area (Å²) in [5, 5.41) is 4.09. The molecule has 2 aromatic heterocycles. The van der Waals surface area contributed by atoms with E-state index in [1.807, 2.05) is 6.92 Å². The number of hydrogen-bond donors (Lipinski definition) is 1. The summed E-state index contributed by atoms with van der Waals surface area (Å²) >= 11 is 1.46. The number of hydrogen-bond acceptors (Lipinski definition) is 5. The van der Waals surface area contributed by atoms with Crippen molar-refractivity contribution in [3.05, 3.63) is 52.2 Å². The van der Waals surface area contributed by atoms with Gasteiger partial charge in [-0.15, -0.1) is 11.3 Å². The maximum Gasteiger partial charge on any atom is 0.261 e. The van der Waals surface area contributed by atoms with Crippen LogP contribution < -0.4 is 10.2 Å². The molecule has 1 aromatic carbocycles. The Bertz CT molecular complexity index is 972. The minimum Gasteiger partial charge on any atom is -0.356 e. The second-order valence-electron chi connectivity index (χ2n) is 7.50. The largest absolute Gasteiger partial charge is 0.356 e. The zero-order chi connectivity index (χ0) is 19.5. The molecule has 0 radical (unpaired) electrons. The lowest BCUT2D eigenvalue weighted by atomic mass is 10.1. The number of carbonyl (C=O) groups excluding carboxylic acids is 1. The van der Waals surface area contributed by atoms with Crippen molar-refractivity contribution < 1.29 is 4.79 Å². The van der Waals surface area contributed by atoms with Gasteiger partial charge in [-0.1, -0.05) is 42.7 Å². The molecule has 1 aliphatic rings. The topological polar surface area (TPSA) is 58.1 Å². The Hall–Kier alpha value is -2.47. The van der Waals surface area contributed by atoms with Gasteiger partial charge in [-0.05, 0) is 37.8 Å². The Balaban J connectivity index is 1.59. The molecule has 0 bridgehead atoms. The number of nitrogens with one attached hydrogen (secondary N) is 1. The lowest BCUT2D eigenvalue weighted by Crippen LogP contribution is -2.25. The zero-order valence-corrected chi connectivity index (χ0v) is 17.3. The third-order valence-corrected chi connectivity index (χ3v) is 6.59.